The molecule has 1 fully saturated rings. The Hall–Kier alpha value is -0.970. The predicted molar refractivity (Wildman–Crippen MR) is 84.1 cm³/mol. The summed E-state index contributed by atoms with van der Waals surface area (Å²) in [5.74, 6) is 0.638. The molecule has 0 saturated heterocycles. The van der Waals surface area contributed by atoms with Gasteiger partial charge in [0.1, 0.15) is 0 Å². The maximum absolute atomic E-state index is 12.5. The van der Waals surface area contributed by atoms with Gasteiger partial charge in [-0.1, -0.05) is 13.8 Å². The minimum Gasteiger partial charge on any atom is -0.339 e. The van der Waals surface area contributed by atoms with Crippen LogP contribution in [0.5, 0.6) is 0 Å². The lowest BCUT2D eigenvalue weighted by Gasteiger charge is -2.24. The fourth-order valence-corrected chi connectivity index (χ4v) is 3.59. The van der Waals surface area contributed by atoms with Crippen molar-refractivity contribution in [3.63, 3.8) is 0 Å². The number of carbonyl (C=O) groups excluding carboxylic acids is 1. The third kappa shape index (κ3) is 3.57. The van der Waals surface area contributed by atoms with Gasteiger partial charge in [-0.15, -0.1) is 0 Å². The molecule has 1 aromatic rings. The second kappa shape index (κ2) is 6.66. The number of aromatic nitrogens is 2. The molecule has 1 aliphatic rings. The Labute approximate surface area is 125 Å². The smallest absolute Gasteiger partial charge is 0.257 e. The van der Waals surface area contributed by atoms with Gasteiger partial charge in [-0.3, -0.25) is 9.48 Å². The molecule has 20 heavy (non-hydrogen) atoms. The Bertz CT molecular complexity index is 458. The van der Waals surface area contributed by atoms with Gasteiger partial charge in [-0.25, -0.2) is 0 Å². The highest BCUT2D eigenvalue weighted by Gasteiger charge is 2.30. The first kappa shape index (κ1) is 15.4. The number of hydrogen-bond donors (Lipinski definition) is 0. The summed E-state index contributed by atoms with van der Waals surface area (Å²) >= 11 is 1.92. The van der Waals surface area contributed by atoms with Crippen molar-refractivity contribution in [2.45, 2.75) is 50.9 Å². The quantitative estimate of drug-likeness (QED) is 0.838. The zero-order chi connectivity index (χ0) is 14.7. The van der Waals surface area contributed by atoms with Gasteiger partial charge in [0.05, 0.1) is 11.8 Å². The molecule has 0 spiro atoms. The van der Waals surface area contributed by atoms with Gasteiger partial charge in [0.2, 0.25) is 0 Å². The molecule has 0 N–H and O–H groups in total. The van der Waals surface area contributed by atoms with Crippen molar-refractivity contribution >= 4 is 17.7 Å². The summed E-state index contributed by atoms with van der Waals surface area (Å²) in [5, 5.41) is 4.99. The Balaban J connectivity index is 1.98. The summed E-state index contributed by atoms with van der Waals surface area (Å²) in [6, 6.07) is 0.383. The van der Waals surface area contributed by atoms with Crippen molar-refractivity contribution in [1.29, 1.82) is 0 Å². The first-order chi connectivity index (χ1) is 9.51. The molecule has 2 rings (SSSR count). The Morgan fingerprint density at radius 2 is 2.30 bits per heavy atom. The van der Waals surface area contributed by atoms with Crippen LogP contribution in [0.3, 0.4) is 0 Å². The normalized spacial score (nSPS) is 22.4. The third-order valence-corrected chi connectivity index (χ3v) is 5.09. The average Bonchev–Trinajstić information content (AvgIpc) is 3.04. The second-order valence-electron chi connectivity index (χ2n) is 6.09. The van der Waals surface area contributed by atoms with Gasteiger partial charge in [-0.2, -0.15) is 16.9 Å². The van der Waals surface area contributed by atoms with Gasteiger partial charge >= 0.3 is 0 Å². The van der Waals surface area contributed by atoms with Gasteiger partial charge in [0, 0.05) is 31.1 Å². The minimum atomic E-state index is 0.103. The van der Waals surface area contributed by atoms with Gasteiger partial charge < -0.3 is 4.90 Å². The van der Waals surface area contributed by atoms with E-state index in [-0.39, 0.29) is 5.91 Å². The maximum Gasteiger partial charge on any atom is 0.257 e. The Morgan fingerprint density at radius 3 is 2.90 bits per heavy atom. The van der Waals surface area contributed by atoms with E-state index in [0.29, 0.717) is 22.8 Å². The van der Waals surface area contributed by atoms with Crippen LogP contribution in [0.1, 0.15) is 43.5 Å². The van der Waals surface area contributed by atoms with Crippen LogP contribution < -0.4 is 0 Å². The highest BCUT2D eigenvalue weighted by atomic mass is 32.2. The molecule has 1 amide bonds. The molecule has 0 bridgehead atoms. The topological polar surface area (TPSA) is 38.1 Å². The van der Waals surface area contributed by atoms with E-state index in [2.05, 4.69) is 25.2 Å². The van der Waals surface area contributed by atoms with Crippen molar-refractivity contribution < 1.29 is 4.79 Å². The maximum atomic E-state index is 12.5. The van der Waals surface area contributed by atoms with Crippen molar-refractivity contribution in [3.05, 3.63) is 18.0 Å². The van der Waals surface area contributed by atoms with Gasteiger partial charge in [-0.05, 0) is 31.4 Å². The van der Waals surface area contributed by atoms with E-state index < -0.39 is 0 Å². The molecule has 0 aromatic carbocycles. The second-order valence-corrected chi connectivity index (χ2v) is 7.22. The molecular formula is C15H25N3OS. The van der Waals surface area contributed by atoms with Crippen LogP contribution in [-0.4, -0.2) is 45.2 Å². The van der Waals surface area contributed by atoms with Crippen molar-refractivity contribution in [2.75, 3.05) is 13.3 Å². The molecule has 1 aromatic heterocycles. The fraction of sp³-hybridized carbons (Fsp3) is 0.733. The van der Waals surface area contributed by atoms with Crippen LogP contribution in [-0.2, 0) is 6.54 Å². The summed E-state index contributed by atoms with van der Waals surface area (Å²) < 4.78 is 1.87. The van der Waals surface area contributed by atoms with Crippen molar-refractivity contribution in [1.82, 2.24) is 14.7 Å². The first-order valence-corrected chi connectivity index (χ1v) is 8.62. The highest BCUT2D eigenvalue weighted by molar-refractivity contribution is 7.99. The van der Waals surface area contributed by atoms with Crippen LogP contribution >= 0.6 is 11.8 Å². The number of carbonyl (C=O) groups is 1. The lowest BCUT2D eigenvalue weighted by atomic mass is 10.2. The molecule has 1 heterocycles. The largest absolute Gasteiger partial charge is 0.339 e. The molecule has 0 unspecified atom stereocenters. The van der Waals surface area contributed by atoms with Crippen LogP contribution in [0.15, 0.2) is 12.4 Å². The minimum absolute atomic E-state index is 0.103. The van der Waals surface area contributed by atoms with E-state index in [1.165, 1.54) is 6.42 Å². The number of thioether (sulfide) groups is 1. The van der Waals surface area contributed by atoms with Gasteiger partial charge in [0.15, 0.2) is 0 Å². The SMILES string of the molecule is CS[C@H]1CC[C@@H](N(C)C(=O)c2cnn(CC(C)C)c2)C1. The number of amides is 1. The first-order valence-electron chi connectivity index (χ1n) is 7.33. The molecule has 2 atom stereocenters. The summed E-state index contributed by atoms with van der Waals surface area (Å²) in [7, 11) is 1.93. The molecule has 5 heteroatoms. The van der Waals surface area contributed by atoms with E-state index in [9.17, 15) is 4.79 Å². The zero-order valence-corrected chi connectivity index (χ0v) is 13.7. The van der Waals surface area contributed by atoms with Crippen LogP contribution in [0.4, 0.5) is 0 Å². The summed E-state index contributed by atoms with van der Waals surface area (Å²) in [6.07, 6.45) is 9.18. The van der Waals surface area contributed by atoms with E-state index in [1.807, 2.05) is 34.6 Å². The zero-order valence-electron chi connectivity index (χ0n) is 12.9. The fourth-order valence-electron chi connectivity index (χ4n) is 2.80. The lowest BCUT2D eigenvalue weighted by Crippen LogP contribution is -2.35. The number of hydrogen-bond acceptors (Lipinski definition) is 3. The molecule has 4 nitrogen and oxygen atoms in total. The van der Waals surface area contributed by atoms with E-state index in [1.54, 1.807) is 6.20 Å². The van der Waals surface area contributed by atoms with Gasteiger partial charge in [0.25, 0.3) is 5.91 Å². The van der Waals surface area contributed by atoms with E-state index >= 15 is 0 Å². The predicted octanol–water partition coefficient (Wildman–Crippen LogP) is 2.90. The number of nitrogens with zero attached hydrogens (tertiary/aromatic N) is 3. The third-order valence-electron chi connectivity index (χ3n) is 3.99. The van der Waals surface area contributed by atoms with Crippen LogP contribution in [0, 0.1) is 5.92 Å². The standard InChI is InChI=1S/C15H25N3OS/c1-11(2)9-18-10-12(8-16-18)15(19)17(3)13-5-6-14(7-13)20-4/h8,10-11,13-14H,5-7,9H2,1-4H3/t13-,14+/m1/s1. The molecule has 112 valence electrons. The molecule has 1 saturated carbocycles. The van der Waals surface area contributed by atoms with Crippen LogP contribution in [0.25, 0.3) is 0 Å². The lowest BCUT2D eigenvalue weighted by molar-refractivity contribution is 0.0735. The van der Waals surface area contributed by atoms with Crippen molar-refractivity contribution in [3.8, 4) is 0 Å². The average molecular weight is 295 g/mol. The molecule has 0 radical (unpaired) electrons. The molecule has 1 aliphatic carbocycles. The van der Waals surface area contributed by atoms with E-state index in [4.69, 9.17) is 0 Å². The van der Waals surface area contributed by atoms with Crippen LogP contribution in [0.2, 0.25) is 0 Å². The summed E-state index contributed by atoms with van der Waals surface area (Å²) in [4.78, 5) is 14.4. The monoisotopic (exact) mass is 295 g/mol. The summed E-state index contributed by atoms with van der Waals surface area (Å²) in [5.41, 5.74) is 0.709. The Kier molecular flexibility index (Phi) is 5.13. The molecular weight excluding hydrogens is 270 g/mol. The Morgan fingerprint density at radius 1 is 1.55 bits per heavy atom. The highest BCUT2D eigenvalue weighted by Crippen LogP contribution is 2.31. The number of rotatable bonds is 5. The van der Waals surface area contributed by atoms with E-state index in [0.717, 1.165) is 19.4 Å². The van der Waals surface area contributed by atoms with Crippen molar-refractivity contribution in [2.24, 2.45) is 5.92 Å². The summed E-state index contributed by atoms with van der Waals surface area (Å²) in [6.45, 7) is 5.15. The molecule has 0 aliphatic heterocycles.